The van der Waals surface area contributed by atoms with Crippen LogP contribution < -0.4 is 9.47 Å². The minimum atomic E-state index is 0.351. The number of rotatable bonds is 0. The van der Waals surface area contributed by atoms with Crippen molar-refractivity contribution in [3.05, 3.63) is 80.8 Å². The van der Waals surface area contributed by atoms with Crippen molar-refractivity contribution in [2.24, 2.45) is 10.2 Å². The summed E-state index contributed by atoms with van der Waals surface area (Å²) >= 11 is 10.8. The monoisotopic (exact) mass is 506 g/mol. The number of hydrogen-bond acceptors (Lipinski definition) is 8. The summed E-state index contributed by atoms with van der Waals surface area (Å²) in [7, 11) is 0. The van der Waals surface area contributed by atoms with Gasteiger partial charge in [-0.05, 0) is 55.1 Å². The fourth-order valence-corrected chi connectivity index (χ4v) is 3.99. The minimum absolute atomic E-state index is 0.351. The van der Waals surface area contributed by atoms with Gasteiger partial charge in [0.15, 0.2) is 11.6 Å². The first kappa shape index (κ1) is 22.9. The molecule has 2 aromatic carbocycles. The summed E-state index contributed by atoms with van der Waals surface area (Å²) in [5.74, 6) is 2.83. The van der Waals surface area contributed by atoms with Crippen molar-refractivity contribution in [1.29, 1.82) is 0 Å². The lowest BCUT2D eigenvalue weighted by molar-refractivity contribution is 0.217. The minimum Gasteiger partial charge on any atom is -0.489 e. The number of H-pyrrole nitrogens is 2. The molecule has 2 aromatic heterocycles. The van der Waals surface area contributed by atoms with E-state index in [1.165, 1.54) is 0 Å². The zero-order chi connectivity index (χ0) is 24.0. The summed E-state index contributed by atoms with van der Waals surface area (Å²) in [6.07, 6.45) is 5.43. The highest BCUT2D eigenvalue weighted by molar-refractivity contribution is 7.71. The molecule has 4 aromatic rings. The summed E-state index contributed by atoms with van der Waals surface area (Å²) in [5.41, 5.74) is 1.64. The first-order valence-corrected chi connectivity index (χ1v) is 11.9. The average molecular weight is 507 g/mol. The van der Waals surface area contributed by atoms with Crippen molar-refractivity contribution in [3.8, 4) is 11.5 Å². The van der Waals surface area contributed by atoms with Crippen LogP contribution in [0.1, 0.15) is 29.2 Å². The Bertz CT molecular complexity index is 1390. The lowest BCUT2D eigenvalue weighted by Crippen LogP contribution is -2.11. The van der Waals surface area contributed by atoms with Crippen LogP contribution in [0.2, 0.25) is 0 Å². The predicted molar refractivity (Wildman–Crippen MR) is 137 cm³/mol. The summed E-state index contributed by atoms with van der Waals surface area (Å²) in [6.45, 7) is 0.702. The Balaban J connectivity index is 1.49. The Morgan fingerprint density at radius 3 is 1.63 bits per heavy atom. The Labute approximate surface area is 210 Å². The van der Waals surface area contributed by atoms with E-state index < -0.39 is 0 Å². The lowest BCUT2D eigenvalue weighted by Gasteiger charge is -2.11. The lowest BCUT2D eigenvalue weighted by atomic mass is 10.2. The van der Waals surface area contributed by atoms with Gasteiger partial charge in [-0.3, -0.25) is 10.2 Å². The van der Waals surface area contributed by atoms with Gasteiger partial charge in [-0.15, -0.1) is 0 Å². The van der Waals surface area contributed by atoms with Gasteiger partial charge in [0.2, 0.25) is 9.54 Å². The first-order chi connectivity index (χ1) is 17.2. The van der Waals surface area contributed by atoms with Crippen LogP contribution >= 0.6 is 24.4 Å². The van der Waals surface area contributed by atoms with E-state index in [0.29, 0.717) is 58.7 Å². The number of ether oxygens (including phenoxy) is 2. The van der Waals surface area contributed by atoms with Crippen molar-refractivity contribution in [1.82, 2.24) is 29.7 Å². The number of nitrogens with one attached hydrogen (secondary N) is 2. The molecule has 0 atom stereocenters. The number of benzene rings is 2. The molecule has 0 saturated carbocycles. The molecule has 2 N–H and O–H groups in total. The predicted octanol–water partition coefficient (Wildman–Crippen LogP) is 3.91. The Hall–Kier alpha value is -3.90. The van der Waals surface area contributed by atoms with Crippen molar-refractivity contribution in [2.45, 2.75) is 19.3 Å². The molecule has 0 radical (unpaired) electrons. The highest BCUT2D eigenvalue weighted by Gasteiger charge is 2.10. The number of fused-ring (bicyclic) bond motifs is 4. The first-order valence-electron chi connectivity index (χ1n) is 11.0. The van der Waals surface area contributed by atoms with E-state index in [-0.39, 0.29) is 0 Å². The Morgan fingerprint density at radius 1 is 0.686 bits per heavy atom. The highest BCUT2D eigenvalue weighted by Crippen LogP contribution is 2.19. The van der Waals surface area contributed by atoms with E-state index in [2.05, 4.69) is 30.6 Å². The summed E-state index contributed by atoms with van der Waals surface area (Å²) in [4.78, 5) is 0. The van der Waals surface area contributed by atoms with Crippen LogP contribution in [0.15, 0.2) is 58.7 Å². The molecule has 35 heavy (non-hydrogen) atoms. The maximum absolute atomic E-state index is 5.98. The van der Waals surface area contributed by atoms with Crippen LogP contribution in [-0.2, 0) is 12.8 Å². The van der Waals surface area contributed by atoms with Gasteiger partial charge >= 0.3 is 0 Å². The molecule has 3 heterocycles. The number of para-hydroxylation sites is 2. The van der Waals surface area contributed by atoms with Gasteiger partial charge in [-0.1, -0.05) is 24.3 Å². The van der Waals surface area contributed by atoms with E-state index in [0.717, 1.165) is 17.5 Å². The number of nitrogens with zero attached hydrogens (tertiary/aromatic N) is 6. The molecule has 0 spiro atoms. The maximum atomic E-state index is 5.98. The highest BCUT2D eigenvalue weighted by atomic mass is 32.1. The van der Waals surface area contributed by atoms with E-state index in [1.54, 1.807) is 21.8 Å². The topological polar surface area (TPSA) is 110 Å². The zero-order valence-corrected chi connectivity index (χ0v) is 20.3. The quantitative estimate of drug-likeness (QED) is 0.350. The molecule has 0 unspecified atom stereocenters. The second-order valence-electron chi connectivity index (χ2n) is 7.63. The smallest absolute Gasteiger partial charge is 0.216 e. The van der Waals surface area contributed by atoms with Gasteiger partial charge in [0.1, 0.15) is 24.7 Å². The summed E-state index contributed by atoms with van der Waals surface area (Å²) in [5, 5.41) is 23.4. The second-order valence-corrected chi connectivity index (χ2v) is 8.40. The Morgan fingerprint density at radius 2 is 1.14 bits per heavy atom. The van der Waals surface area contributed by atoms with Gasteiger partial charge in [-0.2, -0.15) is 29.8 Å². The molecule has 5 rings (SSSR count). The van der Waals surface area contributed by atoms with Crippen LogP contribution in [-0.4, -0.2) is 55.4 Å². The van der Waals surface area contributed by atoms with Crippen LogP contribution in [0.4, 0.5) is 0 Å². The number of hydrogen-bond donors (Lipinski definition) is 2. The van der Waals surface area contributed by atoms with Crippen LogP contribution in [0.3, 0.4) is 0 Å². The third-order valence-corrected chi connectivity index (χ3v) is 5.83. The molecule has 12 heteroatoms. The molecule has 10 nitrogen and oxygen atoms in total. The van der Waals surface area contributed by atoms with Gasteiger partial charge in [-0.25, -0.2) is 0 Å². The molecule has 1 aliphatic heterocycles. The molecule has 0 fully saturated rings. The molecule has 1 aliphatic rings. The third kappa shape index (κ3) is 5.28. The van der Waals surface area contributed by atoms with Crippen molar-refractivity contribution in [3.63, 3.8) is 0 Å². The van der Waals surface area contributed by atoms with Gasteiger partial charge in [0, 0.05) is 24.0 Å². The molecule has 0 saturated heterocycles. The largest absolute Gasteiger partial charge is 0.489 e. The second kappa shape index (κ2) is 10.6. The normalized spacial score (nSPS) is 16.0. The summed E-state index contributed by atoms with van der Waals surface area (Å²) in [6, 6.07) is 15.3. The van der Waals surface area contributed by atoms with Crippen molar-refractivity contribution in [2.75, 3.05) is 13.2 Å². The van der Waals surface area contributed by atoms with Crippen molar-refractivity contribution < 1.29 is 9.47 Å². The van der Waals surface area contributed by atoms with Crippen LogP contribution in [0, 0.1) is 9.54 Å². The fourth-order valence-electron chi connectivity index (χ4n) is 3.60. The van der Waals surface area contributed by atoms with Gasteiger partial charge in [0.05, 0.1) is 12.4 Å². The molecular weight excluding hydrogens is 484 g/mol. The van der Waals surface area contributed by atoms with Gasteiger partial charge in [0.25, 0.3) is 0 Å². The summed E-state index contributed by atoms with van der Waals surface area (Å²) < 4.78 is 16.0. The molecule has 0 amide bonds. The maximum Gasteiger partial charge on any atom is 0.216 e. The zero-order valence-electron chi connectivity index (χ0n) is 18.6. The number of aromatic amines is 2. The molecular formula is C23H22N8O2S2. The number of aromatic nitrogens is 6. The van der Waals surface area contributed by atoms with Crippen LogP contribution in [0.25, 0.3) is 0 Å². The molecule has 178 valence electrons. The van der Waals surface area contributed by atoms with Gasteiger partial charge < -0.3 is 9.47 Å². The average Bonchev–Trinajstić information content (AvgIpc) is 3.41. The van der Waals surface area contributed by atoms with Crippen LogP contribution in [0.5, 0.6) is 11.5 Å². The van der Waals surface area contributed by atoms with Crippen molar-refractivity contribution >= 4 is 36.9 Å². The molecule has 0 aliphatic carbocycles. The Kier molecular flexibility index (Phi) is 6.91. The van der Waals surface area contributed by atoms with E-state index in [4.69, 9.17) is 33.9 Å². The molecule has 0 bridgehead atoms. The van der Waals surface area contributed by atoms with E-state index in [1.807, 2.05) is 48.5 Å². The standard InChI is InChI=1S/C23H22N8O2S2/c34-22-28-26-20-10-5-11-21-27-29-23(35)31(21)25-15-17-7-2-4-9-19(17)33-13-12-32-18-8-3-1-6-16(18)14-24-30(20)22/h1-4,6-9,14-15H,5,10-13H2,(H,28,34)(H,29,35)/b24-14-,25-15-. The number of aryl methyl sites for hydroxylation is 2. The van der Waals surface area contributed by atoms with E-state index >= 15 is 0 Å². The SMILES string of the molecule is S=c1[nH]nc2n1/N=C\c1ccccc1OCCOc1ccccc1/C=N\n1c(n[nH]c1=S)CCC2. The van der Waals surface area contributed by atoms with E-state index in [9.17, 15) is 0 Å². The third-order valence-electron chi connectivity index (χ3n) is 5.30. The fraction of sp³-hybridized carbons (Fsp3) is 0.217.